The molecule has 5 unspecified atom stereocenters. The molecule has 26 heavy (non-hydrogen) atoms. The lowest BCUT2D eigenvalue weighted by atomic mass is 9.69. The third kappa shape index (κ3) is 4.81. The largest absolute Gasteiger partial charge is 0.305 e. The molecule has 150 valence electrons. The summed E-state index contributed by atoms with van der Waals surface area (Å²) in [4.78, 5) is 0. The molecule has 4 rings (SSSR count). The van der Waals surface area contributed by atoms with E-state index in [-0.39, 0.29) is 0 Å². The van der Waals surface area contributed by atoms with Crippen LogP contribution in [0.15, 0.2) is 0 Å². The molecule has 0 radical (unpaired) electrons. The van der Waals surface area contributed by atoms with Crippen LogP contribution >= 0.6 is 0 Å². The molecular weight excluding hydrogens is 320 g/mol. The van der Waals surface area contributed by atoms with Gasteiger partial charge in [0.15, 0.2) is 0 Å². The first-order chi connectivity index (χ1) is 12.8. The zero-order valence-corrected chi connectivity index (χ0v) is 17.0. The van der Waals surface area contributed by atoms with Gasteiger partial charge in [0.25, 0.3) is 0 Å². The first kappa shape index (κ1) is 19.2. The molecule has 4 aliphatic rings. The van der Waals surface area contributed by atoms with E-state index >= 15 is 0 Å². The van der Waals surface area contributed by atoms with Crippen LogP contribution in [0.5, 0.6) is 0 Å². The molecule has 2 saturated heterocycles. The maximum atomic E-state index is 3.96. The highest BCUT2D eigenvalue weighted by atomic mass is 15.5. The molecule has 3 N–H and O–H groups in total. The Morgan fingerprint density at radius 3 is 2.50 bits per heavy atom. The minimum absolute atomic E-state index is 0.516. The lowest BCUT2D eigenvalue weighted by Gasteiger charge is -2.39. The summed E-state index contributed by atoms with van der Waals surface area (Å²) in [7, 11) is 2.08. The predicted molar refractivity (Wildman–Crippen MR) is 109 cm³/mol. The average Bonchev–Trinajstić information content (AvgIpc) is 3.17. The van der Waals surface area contributed by atoms with Crippen LogP contribution in [0.25, 0.3) is 0 Å². The van der Waals surface area contributed by atoms with Gasteiger partial charge in [-0.05, 0) is 69.4 Å². The number of hydrogen-bond acceptors (Lipinski definition) is 4. The highest BCUT2D eigenvalue weighted by Crippen LogP contribution is 2.42. The van der Waals surface area contributed by atoms with E-state index in [1.54, 1.807) is 0 Å². The molecule has 4 heteroatoms. The van der Waals surface area contributed by atoms with Crippen LogP contribution in [0.4, 0.5) is 0 Å². The summed E-state index contributed by atoms with van der Waals surface area (Å²) < 4.78 is 0. The smallest absolute Gasteiger partial charge is 0.0572 e. The molecular formula is C22H42N4. The van der Waals surface area contributed by atoms with Crippen LogP contribution in [0.1, 0.15) is 77.0 Å². The van der Waals surface area contributed by atoms with Gasteiger partial charge in [0, 0.05) is 19.1 Å². The molecule has 0 spiro atoms. The number of hydrogen-bond donors (Lipinski definition) is 3. The van der Waals surface area contributed by atoms with E-state index in [2.05, 4.69) is 28.1 Å². The fourth-order valence-corrected chi connectivity index (χ4v) is 6.50. The van der Waals surface area contributed by atoms with Crippen LogP contribution in [-0.4, -0.2) is 43.9 Å². The summed E-state index contributed by atoms with van der Waals surface area (Å²) in [5, 5.41) is 9.56. The summed E-state index contributed by atoms with van der Waals surface area (Å²) in [6.07, 6.45) is 18.1. The van der Waals surface area contributed by atoms with Gasteiger partial charge in [0.1, 0.15) is 0 Å². The van der Waals surface area contributed by atoms with Gasteiger partial charge in [-0.3, -0.25) is 5.43 Å². The number of nitrogens with zero attached hydrogens (tertiary/aromatic N) is 1. The lowest BCUT2D eigenvalue weighted by Crippen LogP contribution is -2.49. The first-order valence-electron chi connectivity index (χ1n) is 11.7. The molecule has 4 nitrogen and oxygen atoms in total. The summed E-state index contributed by atoms with van der Waals surface area (Å²) in [6, 6.07) is 0.767. The number of piperidine rings is 1. The molecule has 5 atom stereocenters. The van der Waals surface area contributed by atoms with E-state index in [0.717, 1.165) is 29.7 Å². The van der Waals surface area contributed by atoms with Gasteiger partial charge in [-0.1, -0.05) is 44.9 Å². The van der Waals surface area contributed by atoms with Gasteiger partial charge in [-0.15, -0.1) is 0 Å². The van der Waals surface area contributed by atoms with E-state index in [4.69, 9.17) is 0 Å². The second-order valence-electron chi connectivity index (χ2n) is 9.74. The van der Waals surface area contributed by atoms with Gasteiger partial charge in [-0.2, -0.15) is 0 Å². The molecule has 2 saturated carbocycles. The van der Waals surface area contributed by atoms with Crippen molar-refractivity contribution in [1.82, 2.24) is 21.1 Å². The Bertz CT molecular complexity index is 422. The zero-order chi connectivity index (χ0) is 17.8. The van der Waals surface area contributed by atoms with Gasteiger partial charge in [0.05, 0.1) is 6.17 Å². The third-order valence-electron chi connectivity index (χ3n) is 8.04. The molecule has 2 aliphatic carbocycles. The summed E-state index contributed by atoms with van der Waals surface area (Å²) in [5.41, 5.74) is 3.96. The highest BCUT2D eigenvalue weighted by molar-refractivity contribution is 4.89. The van der Waals surface area contributed by atoms with Crippen molar-refractivity contribution in [2.45, 2.75) is 89.3 Å². The fourth-order valence-electron chi connectivity index (χ4n) is 6.50. The Morgan fingerprint density at radius 2 is 1.65 bits per heavy atom. The average molecular weight is 363 g/mol. The van der Waals surface area contributed by atoms with Gasteiger partial charge >= 0.3 is 0 Å². The summed E-state index contributed by atoms with van der Waals surface area (Å²) in [5.74, 6) is 3.89. The zero-order valence-electron chi connectivity index (χ0n) is 17.0. The maximum absolute atomic E-state index is 3.96. The van der Waals surface area contributed by atoms with E-state index in [9.17, 15) is 0 Å². The minimum atomic E-state index is 0.516. The number of hydrazine groups is 1. The number of rotatable bonds is 5. The number of nitrogens with one attached hydrogen (secondary N) is 3. The SMILES string of the molecule is CNC1CC(CN2CCC(C3CCCC(C4CCCCC4)C3)N2)CCN1. The first-order valence-corrected chi connectivity index (χ1v) is 11.7. The minimum Gasteiger partial charge on any atom is -0.305 e. The van der Waals surface area contributed by atoms with Crippen molar-refractivity contribution in [1.29, 1.82) is 0 Å². The monoisotopic (exact) mass is 362 g/mol. The molecule has 2 aliphatic heterocycles. The second kappa shape index (κ2) is 9.36. The van der Waals surface area contributed by atoms with E-state index in [0.29, 0.717) is 6.17 Å². The molecule has 0 bridgehead atoms. The standard InChI is InChI=1S/C22H42N4/c1-23-22-14-17(10-12-24-22)16-26-13-11-21(25-26)20-9-5-8-19(15-20)18-6-3-2-4-7-18/h17-25H,2-16H2,1H3. The highest BCUT2D eigenvalue weighted by Gasteiger charge is 2.36. The van der Waals surface area contributed by atoms with E-state index in [1.807, 2.05) is 0 Å². The molecule has 4 fully saturated rings. The summed E-state index contributed by atoms with van der Waals surface area (Å²) in [6.45, 7) is 3.68. The Hall–Kier alpha value is -0.160. The summed E-state index contributed by atoms with van der Waals surface area (Å²) >= 11 is 0. The topological polar surface area (TPSA) is 39.3 Å². The van der Waals surface area contributed by atoms with Crippen molar-refractivity contribution in [3.05, 3.63) is 0 Å². The van der Waals surface area contributed by atoms with Gasteiger partial charge in [0.2, 0.25) is 0 Å². The Kier molecular flexibility index (Phi) is 6.90. The quantitative estimate of drug-likeness (QED) is 0.700. The molecule has 2 heterocycles. The van der Waals surface area contributed by atoms with E-state index < -0.39 is 0 Å². The van der Waals surface area contributed by atoms with Gasteiger partial charge < -0.3 is 10.6 Å². The van der Waals surface area contributed by atoms with Crippen LogP contribution in [0.2, 0.25) is 0 Å². The fraction of sp³-hybridized carbons (Fsp3) is 1.00. The third-order valence-corrected chi connectivity index (χ3v) is 8.04. The second-order valence-corrected chi connectivity index (χ2v) is 9.74. The van der Waals surface area contributed by atoms with Crippen molar-refractivity contribution in [2.75, 3.05) is 26.7 Å². The van der Waals surface area contributed by atoms with Crippen LogP contribution < -0.4 is 16.1 Å². The molecule has 0 aromatic rings. The lowest BCUT2D eigenvalue weighted by molar-refractivity contribution is 0.115. The molecule has 0 amide bonds. The van der Waals surface area contributed by atoms with Crippen molar-refractivity contribution in [3.63, 3.8) is 0 Å². The normalized spacial score (nSPS) is 40.7. The Morgan fingerprint density at radius 1 is 0.846 bits per heavy atom. The van der Waals surface area contributed by atoms with Crippen molar-refractivity contribution in [3.8, 4) is 0 Å². The Balaban J connectivity index is 1.24. The molecule has 0 aromatic carbocycles. The predicted octanol–water partition coefficient (Wildman–Crippen LogP) is 3.50. The maximum Gasteiger partial charge on any atom is 0.0572 e. The van der Waals surface area contributed by atoms with Crippen LogP contribution in [0, 0.1) is 23.7 Å². The van der Waals surface area contributed by atoms with Crippen LogP contribution in [0.3, 0.4) is 0 Å². The van der Waals surface area contributed by atoms with Crippen molar-refractivity contribution >= 4 is 0 Å². The van der Waals surface area contributed by atoms with Crippen molar-refractivity contribution in [2.24, 2.45) is 23.7 Å². The van der Waals surface area contributed by atoms with Gasteiger partial charge in [-0.25, -0.2) is 5.01 Å². The van der Waals surface area contributed by atoms with E-state index in [1.165, 1.54) is 96.7 Å². The van der Waals surface area contributed by atoms with Crippen LogP contribution in [-0.2, 0) is 0 Å². The van der Waals surface area contributed by atoms with Crippen molar-refractivity contribution < 1.29 is 0 Å². The molecule has 0 aromatic heterocycles. The Labute approximate surface area is 161 Å².